The average molecular weight is 275 g/mol. The van der Waals surface area contributed by atoms with E-state index < -0.39 is 10.0 Å². The fourth-order valence-corrected chi connectivity index (χ4v) is 3.94. The topological polar surface area (TPSA) is 71.1 Å². The number of rotatable bonds is 5. The molecule has 0 bridgehead atoms. The predicted molar refractivity (Wildman–Crippen MR) is 68.6 cm³/mol. The van der Waals surface area contributed by atoms with Crippen LogP contribution in [0.5, 0.6) is 0 Å². The van der Waals surface area contributed by atoms with Gasteiger partial charge in [-0.3, -0.25) is 0 Å². The maximum atomic E-state index is 11.9. The van der Waals surface area contributed by atoms with Crippen LogP contribution in [0.15, 0.2) is 11.6 Å². The Hall–Kier alpha value is -0.500. The van der Waals surface area contributed by atoms with Crippen LogP contribution in [-0.4, -0.2) is 38.3 Å². The molecule has 0 radical (unpaired) electrons. The molecule has 1 saturated heterocycles. The van der Waals surface area contributed by atoms with Gasteiger partial charge >= 0.3 is 0 Å². The van der Waals surface area contributed by atoms with Crippen molar-refractivity contribution in [3.63, 3.8) is 0 Å². The van der Waals surface area contributed by atoms with E-state index in [1.54, 1.807) is 17.5 Å². The standard InChI is InChI=1S/C10H17N3O2S2/c14-17(15,9-2-1-4-11-8-9)13-5-3-10-12-6-7-16-10/h6-7,9,11,13H,1-5,8H2. The van der Waals surface area contributed by atoms with E-state index in [9.17, 15) is 8.42 Å². The Kier molecular flexibility index (Phi) is 4.49. The largest absolute Gasteiger partial charge is 0.315 e. The van der Waals surface area contributed by atoms with Crippen LogP contribution in [0.2, 0.25) is 0 Å². The molecule has 96 valence electrons. The molecule has 1 unspecified atom stereocenters. The van der Waals surface area contributed by atoms with Crippen molar-refractivity contribution in [2.24, 2.45) is 0 Å². The molecule has 2 rings (SSSR count). The highest BCUT2D eigenvalue weighted by Gasteiger charge is 2.26. The molecule has 1 aliphatic rings. The second kappa shape index (κ2) is 5.90. The average Bonchev–Trinajstić information content (AvgIpc) is 2.83. The summed E-state index contributed by atoms with van der Waals surface area (Å²) in [5.74, 6) is 0. The van der Waals surface area contributed by atoms with Crippen molar-refractivity contribution in [1.82, 2.24) is 15.0 Å². The minimum Gasteiger partial charge on any atom is -0.315 e. The normalized spacial score (nSPS) is 21.5. The zero-order valence-corrected chi connectivity index (χ0v) is 11.2. The van der Waals surface area contributed by atoms with Gasteiger partial charge in [0.15, 0.2) is 0 Å². The van der Waals surface area contributed by atoms with E-state index in [1.165, 1.54) is 0 Å². The molecule has 7 heteroatoms. The molecule has 0 amide bonds. The molecule has 0 saturated carbocycles. The molecular formula is C10H17N3O2S2. The lowest BCUT2D eigenvalue weighted by atomic mass is 10.2. The van der Waals surface area contributed by atoms with E-state index in [-0.39, 0.29) is 5.25 Å². The van der Waals surface area contributed by atoms with Gasteiger partial charge in [0, 0.05) is 31.1 Å². The second-order valence-corrected chi connectivity index (χ2v) is 7.11. The van der Waals surface area contributed by atoms with Gasteiger partial charge in [-0.1, -0.05) is 0 Å². The van der Waals surface area contributed by atoms with E-state index in [2.05, 4.69) is 15.0 Å². The van der Waals surface area contributed by atoms with E-state index in [1.807, 2.05) is 5.38 Å². The van der Waals surface area contributed by atoms with Gasteiger partial charge < -0.3 is 5.32 Å². The van der Waals surface area contributed by atoms with Crippen LogP contribution in [0.25, 0.3) is 0 Å². The van der Waals surface area contributed by atoms with Gasteiger partial charge in [0.05, 0.1) is 10.3 Å². The van der Waals surface area contributed by atoms with E-state index in [0.717, 1.165) is 24.4 Å². The summed E-state index contributed by atoms with van der Waals surface area (Å²) in [5.41, 5.74) is 0. The maximum absolute atomic E-state index is 11.9. The Balaban J connectivity index is 1.80. The Bertz CT molecular complexity index is 424. The lowest BCUT2D eigenvalue weighted by molar-refractivity contribution is 0.490. The van der Waals surface area contributed by atoms with Crippen molar-refractivity contribution >= 4 is 21.4 Å². The molecule has 17 heavy (non-hydrogen) atoms. The van der Waals surface area contributed by atoms with Gasteiger partial charge in [0.25, 0.3) is 0 Å². The lowest BCUT2D eigenvalue weighted by Gasteiger charge is -2.22. The zero-order chi connectivity index (χ0) is 12.1. The third-order valence-corrected chi connectivity index (χ3v) is 5.54. The van der Waals surface area contributed by atoms with Crippen molar-refractivity contribution in [3.8, 4) is 0 Å². The molecule has 2 heterocycles. The summed E-state index contributed by atoms with van der Waals surface area (Å²) in [6.07, 6.45) is 4.08. The van der Waals surface area contributed by atoms with E-state index >= 15 is 0 Å². The molecular weight excluding hydrogens is 258 g/mol. The smallest absolute Gasteiger partial charge is 0.215 e. The highest BCUT2D eigenvalue weighted by atomic mass is 32.2. The number of thiazole rings is 1. The van der Waals surface area contributed by atoms with Gasteiger partial charge in [-0.05, 0) is 19.4 Å². The first-order valence-electron chi connectivity index (χ1n) is 5.76. The van der Waals surface area contributed by atoms with Gasteiger partial charge in [-0.2, -0.15) is 0 Å². The first-order valence-corrected chi connectivity index (χ1v) is 8.18. The van der Waals surface area contributed by atoms with Crippen molar-refractivity contribution in [3.05, 3.63) is 16.6 Å². The Morgan fingerprint density at radius 3 is 3.12 bits per heavy atom. The molecule has 1 aliphatic heterocycles. The highest BCUT2D eigenvalue weighted by Crippen LogP contribution is 2.10. The first kappa shape index (κ1) is 12.9. The Morgan fingerprint density at radius 1 is 1.59 bits per heavy atom. The molecule has 1 fully saturated rings. The Morgan fingerprint density at radius 2 is 2.47 bits per heavy atom. The number of hydrogen-bond acceptors (Lipinski definition) is 5. The van der Waals surface area contributed by atoms with Crippen LogP contribution in [-0.2, 0) is 16.4 Å². The molecule has 1 aromatic rings. The zero-order valence-electron chi connectivity index (χ0n) is 9.55. The van der Waals surface area contributed by atoms with Crippen molar-refractivity contribution in [2.75, 3.05) is 19.6 Å². The van der Waals surface area contributed by atoms with E-state index in [0.29, 0.717) is 19.5 Å². The van der Waals surface area contributed by atoms with Crippen molar-refractivity contribution in [2.45, 2.75) is 24.5 Å². The lowest BCUT2D eigenvalue weighted by Crippen LogP contribution is -2.44. The second-order valence-electron chi connectivity index (χ2n) is 4.08. The summed E-state index contributed by atoms with van der Waals surface area (Å²) in [6, 6.07) is 0. The number of hydrogen-bond donors (Lipinski definition) is 2. The number of aromatic nitrogens is 1. The summed E-state index contributed by atoms with van der Waals surface area (Å²) >= 11 is 1.55. The highest BCUT2D eigenvalue weighted by molar-refractivity contribution is 7.90. The maximum Gasteiger partial charge on any atom is 0.215 e. The summed E-state index contributed by atoms with van der Waals surface area (Å²) in [7, 11) is -3.17. The molecule has 2 N–H and O–H groups in total. The Labute approximate surface area is 106 Å². The molecule has 0 spiro atoms. The first-order chi connectivity index (χ1) is 8.18. The molecule has 0 aromatic carbocycles. The fourth-order valence-electron chi connectivity index (χ4n) is 1.88. The number of nitrogens with one attached hydrogen (secondary N) is 2. The van der Waals surface area contributed by atoms with Gasteiger partial charge in [-0.25, -0.2) is 18.1 Å². The third-order valence-electron chi connectivity index (χ3n) is 2.82. The van der Waals surface area contributed by atoms with Crippen LogP contribution >= 0.6 is 11.3 Å². The fraction of sp³-hybridized carbons (Fsp3) is 0.700. The predicted octanol–water partition coefficient (Wildman–Crippen LogP) is 0.357. The van der Waals surface area contributed by atoms with Crippen molar-refractivity contribution < 1.29 is 8.42 Å². The molecule has 1 aromatic heterocycles. The van der Waals surface area contributed by atoms with Gasteiger partial charge in [0.2, 0.25) is 10.0 Å². The summed E-state index contributed by atoms with van der Waals surface area (Å²) in [5, 5.41) is 5.70. The summed E-state index contributed by atoms with van der Waals surface area (Å²) in [6.45, 7) is 1.92. The summed E-state index contributed by atoms with van der Waals surface area (Å²) in [4.78, 5) is 4.12. The van der Waals surface area contributed by atoms with Crippen LogP contribution < -0.4 is 10.0 Å². The minimum absolute atomic E-state index is 0.285. The monoisotopic (exact) mass is 275 g/mol. The van der Waals surface area contributed by atoms with Crippen LogP contribution in [0, 0.1) is 0 Å². The number of piperidine rings is 1. The molecule has 0 aliphatic carbocycles. The summed E-state index contributed by atoms with van der Waals surface area (Å²) < 4.78 is 26.6. The number of nitrogens with zero attached hydrogens (tertiary/aromatic N) is 1. The van der Waals surface area contributed by atoms with Gasteiger partial charge in [0.1, 0.15) is 0 Å². The van der Waals surface area contributed by atoms with Crippen LogP contribution in [0.4, 0.5) is 0 Å². The molecule has 5 nitrogen and oxygen atoms in total. The van der Waals surface area contributed by atoms with Crippen molar-refractivity contribution in [1.29, 1.82) is 0 Å². The third kappa shape index (κ3) is 3.74. The quantitative estimate of drug-likeness (QED) is 0.814. The minimum atomic E-state index is -3.17. The molecule has 1 atom stereocenters. The van der Waals surface area contributed by atoms with Crippen LogP contribution in [0.3, 0.4) is 0 Å². The van der Waals surface area contributed by atoms with Crippen LogP contribution in [0.1, 0.15) is 17.8 Å². The number of sulfonamides is 1. The van der Waals surface area contributed by atoms with Gasteiger partial charge in [-0.15, -0.1) is 11.3 Å². The van der Waals surface area contributed by atoms with E-state index in [4.69, 9.17) is 0 Å². The SMILES string of the molecule is O=S(=O)(NCCc1nccs1)C1CCCNC1.